The standard InChI is InChI=1S/C27H23F4N3O3S/c1-3-20-15-19(16-22(28)26(20)34-38(2,36)37)17-32-25(35)14-11-21-10-13-24(27(29,30)31)33-23(21)12-9-18-7-5-4-6-8-18/h1,4-8,10-11,13-16,34H,9,12,17H2,2H3,(H,32,35)/b14-11+. The van der Waals surface area contributed by atoms with E-state index in [-0.39, 0.29) is 35.5 Å². The number of carbonyl (C=O) groups excluding carboxylic acids is 1. The Kier molecular flexibility index (Phi) is 8.91. The van der Waals surface area contributed by atoms with Gasteiger partial charge in [-0.15, -0.1) is 6.42 Å². The lowest BCUT2D eigenvalue weighted by Crippen LogP contribution is -2.21. The van der Waals surface area contributed by atoms with Crippen LogP contribution in [0, 0.1) is 18.2 Å². The van der Waals surface area contributed by atoms with E-state index in [2.05, 4.69) is 16.2 Å². The highest BCUT2D eigenvalue weighted by atomic mass is 32.2. The van der Waals surface area contributed by atoms with E-state index in [1.165, 1.54) is 18.2 Å². The molecule has 0 radical (unpaired) electrons. The summed E-state index contributed by atoms with van der Waals surface area (Å²) in [7, 11) is -3.77. The van der Waals surface area contributed by atoms with E-state index in [1.807, 2.05) is 35.1 Å². The fourth-order valence-corrected chi connectivity index (χ4v) is 4.09. The molecule has 2 N–H and O–H groups in total. The summed E-state index contributed by atoms with van der Waals surface area (Å²) in [6, 6.07) is 13.7. The van der Waals surface area contributed by atoms with Gasteiger partial charge in [0.2, 0.25) is 15.9 Å². The fourth-order valence-electron chi connectivity index (χ4n) is 3.51. The number of aromatic nitrogens is 1. The monoisotopic (exact) mass is 545 g/mol. The zero-order valence-electron chi connectivity index (χ0n) is 20.1. The SMILES string of the molecule is C#Cc1cc(CNC(=O)/C=C/c2ccc(C(F)(F)F)nc2CCc2ccccc2)cc(F)c1NS(C)(=O)=O. The lowest BCUT2D eigenvalue weighted by Gasteiger charge is -2.12. The Morgan fingerprint density at radius 1 is 1.08 bits per heavy atom. The van der Waals surface area contributed by atoms with E-state index in [1.54, 1.807) is 0 Å². The van der Waals surface area contributed by atoms with E-state index in [4.69, 9.17) is 6.42 Å². The molecule has 11 heteroatoms. The summed E-state index contributed by atoms with van der Waals surface area (Å²) in [4.78, 5) is 16.2. The first kappa shape index (κ1) is 28.4. The largest absolute Gasteiger partial charge is 0.433 e. The van der Waals surface area contributed by atoms with Gasteiger partial charge < -0.3 is 5.32 Å². The summed E-state index contributed by atoms with van der Waals surface area (Å²) in [5.41, 5.74) is 0.286. The number of nitrogens with zero attached hydrogens (tertiary/aromatic N) is 1. The summed E-state index contributed by atoms with van der Waals surface area (Å²) in [5, 5.41) is 2.53. The third-order valence-electron chi connectivity index (χ3n) is 5.27. The van der Waals surface area contributed by atoms with Crippen molar-refractivity contribution in [2.75, 3.05) is 11.0 Å². The van der Waals surface area contributed by atoms with Crippen molar-refractivity contribution in [3.05, 3.63) is 100 Å². The van der Waals surface area contributed by atoms with Crippen LogP contribution in [0.15, 0.2) is 60.7 Å². The van der Waals surface area contributed by atoms with Gasteiger partial charge in [0.1, 0.15) is 11.5 Å². The molecule has 0 saturated heterocycles. The lowest BCUT2D eigenvalue weighted by molar-refractivity contribution is -0.141. The molecule has 1 aromatic heterocycles. The van der Waals surface area contributed by atoms with E-state index >= 15 is 0 Å². The number of hydrogen-bond acceptors (Lipinski definition) is 4. The zero-order valence-corrected chi connectivity index (χ0v) is 21.0. The van der Waals surface area contributed by atoms with Gasteiger partial charge in [-0.2, -0.15) is 13.2 Å². The number of halogens is 4. The van der Waals surface area contributed by atoms with Crippen molar-refractivity contribution < 1.29 is 30.8 Å². The number of hydrogen-bond donors (Lipinski definition) is 2. The molecule has 2 aromatic carbocycles. The number of anilines is 1. The van der Waals surface area contributed by atoms with Gasteiger partial charge in [-0.3, -0.25) is 9.52 Å². The maximum absolute atomic E-state index is 14.4. The molecule has 0 spiro atoms. The quantitative estimate of drug-likeness (QED) is 0.232. The molecule has 0 fully saturated rings. The highest BCUT2D eigenvalue weighted by Crippen LogP contribution is 2.29. The molecule has 0 bridgehead atoms. The van der Waals surface area contributed by atoms with E-state index in [0.29, 0.717) is 12.0 Å². The van der Waals surface area contributed by atoms with Crippen molar-refractivity contribution in [1.82, 2.24) is 10.3 Å². The maximum Gasteiger partial charge on any atom is 0.433 e. The molecule has 0 aliphatic heterocycles. The zero-order chi connectivity index (χ0) is 27.9. The van der Waals surface area contributed by atoms with Crippen LogP contribution in [0.25, 0.3) is 6.08 Å². The first-order valence-electron chi connectivity index (χ1n) is 11.2. The minimum atomic E-state index is -4.61. The molecule has 1 heterocycles. The number of sulfonamides is 1. The number of nitrogens with one attached hydrogen (secondary N) is 2. The molecule has 3 aromatic rings. The van der Waals surface area contributed by atoms with Gasteiger partial charge in [0.25, 0.3) is 0 Å². The van der Waals surface area contributed by atoms with Crippen molar-refractivity contribution in [3.8, 4) is 12.3 Å². The third-order valence-corrected chi connectivity index (χ3v) is 5.84. The highest BCUT2D eigenvalue weighted by molar-refractivity contribution is 7.92. The number of alkyl halides is 3. The number of carbonyl (C=O) groups is 1. The molecule has 0 unspecified atom stereocenters. The summed E-state index contributed by atoms with van der Waals surface area (Å²) in [6.45, 7) is -0.139. The first-order valence-corrected chi connectivity index (χ1v) is 13.1. The second kappa shape index (κ2) is 11.9. The fraction of sp³-hybridized carbons (Fsp3) is 0.185. The van der Waals surface area contributed by atoms with Crippen molar-refractivity contribution in [1.29, 1.82) is 0 Å². The Morgan fingerprint density at radius 2 is 1.79 bits per heavy atom. The van der Waals surface area contributed by atoms with Crippen LogP contribution in [0.4, 0.5) is 23.2 Å². The van der Waals surface area contributed by atoms with Gasteiger partial charge in [0.05, 0.1) is 17.5 Å². The lowest BCUT2D eigenvalue weighted by atomic mass is 10.0. The predicted molar refractivity (Wildman–Crippen MR) is 137 cm³/mol. The first-order chi connectivity index (χ1) is 17.9. The minimum absolute atomic E-state index is 0.0471. The molecule has 0 aliphatic rings. The molecule has 3 rings (SSSR count). The van der Waals surface area contributed by atoms with Gasteiger partial charge in [0, 0.05) is 18.3 Å². The number of pyridine rings is 1. The van der Waals surface area contributed by atoms with Crippen LogP contribution >= 0.6 is 0 Å². The summed E-state index contributed by atoms with van der Waals surface area (Å²) < 4.78 is 79.0. The number of terminal acetylenes is 1. The van der Waals surface area contributed by atoms with Gasteiger partial charge in [0.15, 0.2) is 0 Å². The molecule has 198 valence electrons. The maximum atomic E-state index is 14.4. The van der Waals surface area contributed by atoms with E-state index in [9.17, 15) is 30.8 Å². The predicted octanol–water partition coefficient (Wildman–Crippen LogP) is 4.71. The molecule has 0 aliphatic carbocycles. The number of amides is 1. The van der Waals surface area contributed by atoms with Crippen LogP contribution in [0.2, 0.25) is 0 Å². The van der Waals surface area contributed by atoms with Gasteiger partial charge in [-0.1, -0.05) is 42.3 Å². The van der Waals surface area contributed by atoms with Crippen LogP contribution < -0.4 is 10.0 Å². The van der Waals surface area contributed by atoms with Crippen LogP contribution in [0.5, 0.6) is 0 Å². The number of rotatable bonds is 9. The van der Waals surface area contributed by atoms with E-state index in [0.717, 1.165) is 30.0 Å². The average molecular weight is 546 g/mol. The Balaban J connectivity index is 1.74. The molecule has 38 heavy (non-hydrogen) atoms. The molecular formula is C27H23F4N3O3S. The summed E-state index contributed by atoms with van der Waals surface area (Å²) >= 11 is 0. The van der Waals surface area contributed by atoms with Crippen molar-refractivity contribution >= 4 is 27.7 Å². The number of aryl methyl sites for hydroxylation is 2. The van der Waals surface area contributed by atoms with Gasteiger partial charge in [-0.05, 0) is 53.8 Å². The average Bonchev–Trinajstić information content (AvgIpc) is 2.85. The van der Waals surface area contributed by atoms with Crippen molar-refractivity contribution in [2.24, 2.45) is 0 Å². The molecule has 1 amide bonds. The summed E-state index contributed by atoms with van der Waals surface area (Å²) in [5.74, 6) is 0.688. The highest BCUT2D eigenvalue weighted by Gasteiger charge is 2.32. The van der Waals surface area contributed by atoms with Crippen LogP contribution in [0.1, 0.15) is 33.6 Å². The summed E-state index contributed by atoms with van der Waals surface area (Å²) in [6.07, 6.45) is 4.77. The minimum Gasteiger partial charge on any atom is -0.348 e. The molecular weight excluding hydrogens is 522 g/mol. The Hall–Kier alpha value is -4.17. The second-order valence-corrected chi connectivity index (χ2v) is 10.0. The smallest absolute Gasteiger partial charge is 0.348 e. The van der Waals surface area contributed by atoms with Crippen molar-refractivity contribution in [3.63, 3.8) is 0 Å². The molecule has 6 nitrogen and oxygen atoms in total. The second-order valence-electron chi connectivity index (χ2n) is 8.29. The molecule has 0 atom stereocenters. The Morgan fingerprint density at radius 3 is 2.42 bits per heavy atom. The van der Waals surface area contributed by atoms with Crippen LogP contribution in [-0.2, 0) is 40.4 Å². The third kappa shape index (κ3) is 8.18. The Bertz CT molecular complexity index is 1500. The Labute approximate surface area is 217 Å². The normalized spacial score (nSPS) is 11.8. The van der Waals surface area contributed by atoms with Crippen molar-refractivity contribution in [2.45, 2.75) is 25.6 Å². The van der Waals surface area contributed by atoms with Crippen LogP contribution in [-0.4, -0.2) is 25.6 Å². The topological polar surface area (TPSA) is 88.2 Å². The van der Waals surface area contributed by atoms with Gasteiger partial charge in [-0.25, -0.2) is 17.8 Å². The van der Waals surface area contributed by atoms with Crippen LogP contribution in [0.3, 0.4) is 0 Å². The van der Waals surface area contributed by atoms with Gasteiger partial charge >= 0.3 is 6.18 Å². The molecule has 0 saturated carbocycles. The van der Waals surface area contributed by atoms with E-state index < -0.39 is 33.6 Å². The number of benzene rings is 2.